The van der Waals surface area contributed by atoms with Gasteiger partial charge in [-0.05, 0) is 24.1 Å². The Balaban J connectivity index is 0.000000271. The summed E-state index contributed by atoms with van der Waals surface area (Å²) in [6.07, 6.45) is 0.736. The Labute approximate surface area is 141 Å². The minimum Gasteiger partial charge on any atom is -0.545 e. The fourth-order valence-electron chi connectivity index (χ4n) is 1.76. The summed E-state index contributed by atoms with van der Waals surface area (Å²) >= 11 is 0. The van der Waals surface area contributed by atoms with Gasteiger partial charge in [-0.25, -0.2) is 0 Å². The molecule has 0 aliphatic heterocycles. The van der Waals surface area contributed by atoms with Gasteiger partial charge in [0.2, 0.25) is 0 Å². The average molecular weight is 349 g/mol. The Morgan fingerprint density at radius 1 is 1.00 bits per heavy atom. The maximum atomic E-state index is 10.4. The standard InChI is InChI=1S/C8H11NO.C7H4N2O6/c9-8-3-1-7(2-4-8)5-6-10;10-7(11)4-1-5(8(12)13)3-6(2-4)9(14)15/h1-4,10H,5-6,9H2;1-3H,(H,10,11). The molecule has 0 aliphatic rings. The van der Waals surface area contributed by atoms with Crippen molar-refractivity contribution in [2.75, 3.05) is 6.61 Å². The zero-order chi connectivity index (χ0) is 19.0. The van der Waals surface area contributed by atoms with Crippen LogP contribution in [0, 0.1) is 20.2 Å². The van der Waals surface area contributed by atoms with Crippen LogP contribution >= 0.6 is 0 Å². The molecule has 0 bridgehead atoms. The third kappa shape index (κ3) is 6.33. The van der Waals surface area contributed by atoms with Crippen LogP contribution in [0.5, 0.6) is 0 Å². The van der Waals surface area contributed by atoms with Crippen molar-refractivity contribution >= 4 is 23.0 Å². The van der Waals surface area contributed by atoms with Crippen LogP contribution in [0.1, 0.15) is 15.9 Å². The predicted molar refractivity (Wildman–Crippen MR) is 83.9 cm³/mol. The summed E-state index contributed by atoms with van der Waals surface area (Å²) in [6, 6.07) is 9.93. The van der Waals surface area contributed by atoms with Crippen molar-refractivity contribution in [2.45, 2.75) is 6.42 Å². The molecule has 0 spiro atoms. The Morgan fingerprint density at radius 3 is 1.84 bits per heavy atom. The summed E-state index contributed by atoms with van der Waals surface area (Å²) in [6.45, 7) is 0.219. The van der Waals surface area contributed by atoms with Gasteiger partial charge < -0.3 is 20.7 Å². The second-order valence-corrected chi connectivity index (χ2v) is 4.83. The van der Waals surface area contributed by atoms with Gasteiger partial charge in [0.25, 0.3) is 11.4 Å². The topological polar surface area (TPSA) is 174 Å². The highest BCUT2D eigenvalue weighted by atomic mass is 16.6. The number of nitrogens with zero attached hydrogens (tertiary/aromatic N) is 2. The molecule has 10 heteroatoms. The third-order valence-corrected chi connectivity index (χ3v) is 2.98. The molecule has 0 unspecified atom stereocenters. The minimum absolute atomic E-state index is 0.219. The molecule has 0 saturated carbocycles. The minimum atomic E-state index is -1.71. The van der Waals surface area contributed by atoms with Gasteiger partial charge in [-0.1, -0.05) is 12.1 Å². The molecule has 0 heterocycles. The Hall–Kier alpha value is -3.37. The van der Waals surface area contributed by atoms with Gasteiger partial charge >= 0.3 is 0 Å². The van der Waals surface area contributed by atoms with Crippen LogP contribution in [0.15, 0.2) is 42.5 Å². The monoisotopic (exact) mass is 349 g/mol. The molecule has 25 heavy (non-hydrogen) atoms. The molecule has 0 radical (unpaired) electrons. The van der Waals surface area contributed by atoms with Crippen molar-refractivity contribution in [2.24, 2.45) is 0 Å². The summed E-state index contributed by atoms with van der Waals surface area (Å²) in [5, 5.41) is 39.6. The molecule has 0 aromatic heterocycles. The van der Waals surface area contributed by atoms with Gasteiger partial charge in [0.1, 0.15) is 5.69 Å². The second kappa shape index (κ2) is 9.05. The number of benzene rings is 2. The van der Waals surface area contributed by atoms with Gasteiger partial charge in [-0.2, -0.15) is 0 Å². The molecule has 132 valence electrons. The lowest BCUT2D eigenvalue weighted by Gasteiger charge is -2.01. The van der Waals surface area contributed by atoms with E-state index in [4.69, 9.17) is 5.11 Å². The number of carboxylic acids is 1. The lowest BCUT2D eigenvalue weighted by Crippen LogP contribution is -2.39. The first-order valence-corrected chi connectivity index (χ1v) is 6.91. The summed E-state index contributed by atoms with van der Waals surface area (Å²) in [7, 11) is 0. The molecule has 0 fully saturated rings. The Bertz CT molecular complexity index is 696. The van der Waals surface area contributed by atoms with Crippen LogP contribution in [0.25, 0.3) is 0 Å². The van der Waals surface area contributed by atoms with E-state index >= 15 is 0 Å². The van der Waals surface area contributed by atoms with Gasteiger partial charge in [0.15, 0.2) is 0 Å². The number of aromatic carboxylic acids is 1. The molecule has 0 saturated heterocycles. The van der Waals surface area contributed by atoms with Crippen molar-refractivity contribution in [3.8, 4) is 0 Å². The maximum Gasteiger partial charge on any atom is 0.276 e. The largest absolute Gasteiger partial charge is 0.545 e. The number of aliphatic hydroxyl groups is 1. The number of nitro benzene ring substituents is 2. The zero-order valence-corrected chi connectivity index (χ0v) is 13.0. The molecule has 0 aliphatic carbocycles. The van der Waals surface area contributed by atoms with Crippen molar-refractivity contribution in [3.05, 3.63) is 73.8 Å². The van der Waals surface area contributed by atoms with Crippen LogP contribution in [0.2, 0.25) is 0 Å². The van der Waals surface area contributed by atoms with Crippen LogP contribution in [-0.2, 0) is 6.42 Å². The predicted octanol–water partition coefficient (Wildman–Crippen LogP) is -0.0387. The van der Waals surface area contributed by atoms with Crippen LogP contribution in [0.3, 0.4) is 0 Å². The number of carboxylic acid groups (broad SMARTS) is 1. The number of nitro groups is 2. The number of rotatable bonds is 5. The average Bonchev–Trinajstić information content (AvgIpc) is 2.57. The first-order chi connectivity index (χ1) is 11.7. The third-order valence-electron chi connectivity index (χ3n) is 2.98. The van der Waals surface area contributed by atoms with E-state index in [-0.39, 0.29) is 6.61 Å². The maximum absolute atomic E-state index is 10.4. The van der Waals surface area contributed by atoms with Crippen molar-refractivity contribution in [1.82, 2.24) is 0 Å². The first-order valence-electron chi connectivity index (χ1n) is 6.91. The highest BCUT2D eigenvalue weighted by Gasteiger charge is 2.16. The van der Waals surface area contributed by atoms with Crippen LogP contribution < -0.4 is 10.8 Å². The van der Waals surface area contributed by atoms with Crippen LogP contribution in [-0.4, -0.2) is 27.5 Å². The van der Waals surface area contributed by atoms with E-state index in [9.17, 15) is 30.1 Å². The molecule has 2 aromatic rings. The number of carbonyl (C=O) groups excluding carboxylic acids is 1. The number of hydrogen-bond acceptors (Lipinski definition) is 7. The summed E-state index contributed by atoms with van der Waals surface area (Å²) in [4.78, 5) is 29.2. The van der Waals surface area contributed by atoms with E-state index in [1.165, 1.54) is 0 Å². The summed E-state index contributed by atoms with van der Waals surface area (Å²) in [5.74, 6) is -1.71. The van der Waals surface area contributed by atoms with Gasteiger partial charge in [0, 0.05) is 24.3 Å². The van der Waals surface area contributed by atoms with E-state index in [0.717, 1.165) is 17.7 Å². The lowest BCUT2D eigenvalue weighted by molar-refractivity contribution is -0.394. The fraction of sp³-hybridized carbons (Fsp3) is 0.133. The Kier molecular flexibility index (Phi) is 7.13. The van der Waals surface area contributed by atoms with Gasteiger partial charge in [-0.15, -0.1) is 0 Å². The van der Waals surface area contributed by atoms with Crippen molar-refractivity contribution < 1.29 is 30.6 Å². The van der Waals surface area contributed by atoms with Gasteiger partial charge in [0.05, 0.1) is 21.9 Å². The highest BCUT2D eigenvalue weighted by Crippen LogP contribution is 2.22. The summed E-state index contributed by atoms with van der Waals surface area (Å²) < 4.78 is 0. The van der Waals surface area contributed by atoms with Crippen molar-refractivity contribution in [1.29, 1.82) is 0 Å². The van der Waals surface area contributed by atoms with E-state index in [0.29, 0.717) is 18.2 Å². The molecule has 2 rings (SSSR count). The lowest BCUT2D eigenvalue weighted by atomic mass is 10.1. The Morgan fingerprint density at radius 2 is 1.48 bits per heavy atom. The quantitative estimate of drug-likeness (QED) is 0.562. The highest BCUT2D eigenvalue weighted by molar-refractivity contribution is 5.87. The molecule has 4 N–H and O–H groups in total. The summed E-state index contributed by atoms with van der Waals surface area (Å²) in [5.41, 5.74) is 4.01. The van der Waals surface area contributed by atoms with Crippen LogP contribution in [0.4, 0.5) is 17.1 Å². The smallest absolute Gasteiger partial charge is 0.276 e. The number of non-ortho nitro benzene ring substituents is 2. The first kappa shape index (κ1) is 19.7. The fourth-order valence-corrected chi connectivity index (χ4v) is 1.76. The zero-order valence-electron chi connectivity index (χ0n) is 13.0. The molecule has 0 amide bonds. The number of aliphatic hydroxyl groups excluding tert-OH is 1. The SMILES string of the molecule is O=C([O-])c1cc([N+](=O)[O-])cc([N+](=O)[O-])c1.[NH3+]c1ccc(CCO)cc1. The van der Waals surface area contributed by atoms with E-state index < -0.39 is 32.8 Å². The second-order valence-electron chi connectivity index (χ2n) is 4.83. The molecule has 10 nitrogen and oxygen atoms in total. The normalized spacial score (nSPS) is 9.68. The van der Waals surface area contributed by atoms with E-state index in [1.54, 1.807) is 0 Å². The number of quaternary nitrogens is 1. The van der Waals surface area contributed by atoms with Crippen molar-refractivity contribution in [3.63, 3.8) is 0 Å². The van der Waals surface area contributed by atoms with E-state index in [1.807, 2.05) is 24.3 Å². The molecule has 0 atom stereocenters. The molecular weight excluding hydrogens is 334 g/mol. The molecular formula is C15H15N3O7. The van der Waals surface area contributed by atoms with E-state index in [2.05, 4.69) is 5.73 Å². The number of hydrogen-bond donors (Lipinski definition) is 2. The molecule has 2 aromatic carbocycles. The van der Waals surface area contributed by atoms with Gasteiger partial charge in [-0.3, -0.25) is 20.2 Å². The number of carbonyl (C=O) groups is 1.